The lowest BCUT2D eigenvalue weighted by molar-refractivity contribution is 0.0607. The predicted octanol–water partition coefficient (Wildman–Crippen LogP) is 3.36. The van der Waals surface area contributed by atoms with Crippen LogP contribution in [0.2, 0.25) is 5.02 Å². The van der Waals surface area contributed by atoms with E-state index in [0.29, 0.717) is 11.6 Å². The van der Waals surface area contributed by atoms with Crippen LogP contribution < -0.4 is 15.4 Å². The minimum atomic E-state index is -3.58. The van der Waals surface area contributed by atoms with Gasteiger partial charge in [0, 0.05) is 53.9 Å². The first kappa shape index (κ1) is 25.4. The van der Waals surface area contributed by atoms with Gasteiger partial charge in [0.25, 0.3) is 5.91 Å². The summed E-state index contributed by atoms with van der Waals surface area (Å²) in [7, 11) is -3.58. The number of carbonyl (C=O) groups is 1. The van der Waals surface area contributed by atoms with Crippen LogP contribution in [0.3, 0.4) is 0 Å². The van der Waals surface area contributed by atoms with Crippen molar-refractivity contribution >= 4 is 44.7 Å². The monoisotopic (exact) mass is 557 g/mol. The van der Waals surface area contributed by atoms with E-state index < -0.39 is 10.0 Å². The summed E-state index contributed by atoms with van der Waals surface area (Å²) in [5.74, 6) is 0.654. The molecular weight excluding hydrogens is 526 g/mol. The Bertz CT molecular complexity index is 1540. The number of nitrogens with two attached hydrogens (primary N) is 1. The second-order valence-electron chi connectivity index (χ2n) is 11.0. The summed E-state index contributed by atoms with van der Waals surface area (Å²) in [5, 5.41) is 5.18. The van der Waals surface area contributed by atoms with E-state index in [4.69, 9.17) is 27.4 Å². The number of rotatable bonds is 5. The number of fused-ring (bicyclic) bond motifs is 1. The highest BCUT2D eigenvalue weighted by atomic mass is 35.5. The van der Waals surface area contributed by atoms with Crippen LogP contribution in [0.15, 0.2) is 30.5 Å². The number of halogens is 1. The molecule has 3 aromatic rings. The first-order valence-corrected chi connectivity index (χ1v) is 15.3. The summed E-state index contributed by atoms with van der Waals surface area (Å²) in [6.07, 6.45) is 7.97. The molecule has 1 amide bonds. The SMILES string of the molecule is Cc1cn2nc([C@@H]3CCCCN3C(=O)c3cc(Cl)ccc3NS(C)(=O)=O)cc2nc1N1C[C@@H](N)C2(CC2)C1. The van der Waals surface area contributed by atoms with E-state index in [2.05, 4.69) is 9.62 Å². The van der Waals surface area contributed by atoms with E-state index in [-0.39, 0.29) is 34.7 Å². The summed E-state index contributed by atoms with van der Waals surface area (Å²) >= 11 is 6.21. The number of amides is 1. The van der Waals surface area contributed by atoms with Gasteiger partial charge in [0.1, 0.15) is 5.82 Å². The van der Waals surface area contributed by atoms with Gasteiger partial charge in [-0.2, -0.15) is 5.10 Å². The molecule has 2 atom stereocenters. The molecule has 10 nitrogen and oxygen atoms in total. The van der Waals surface area contributed by atoms with Crippen LogP contribution in [0.4, 0.5) is 11.5 Å². The van der Waals surface area contributed by atoms with Crippen LogP contribution in [-0.4, -0.2) is 65.8 Å². The minimum absolute atomic E-state index is 0.177. The van der Waals surface area contributed by atoms with Gasteiger partial charge in [0.05, 0.1) is 29.2 Å². The molecular formula is C26H32ClN7O3S. The van der Waals surface area contributed by atoms with Crippen molar-refractivity contribution in [3.05, 3.63) is 52.3 Å². The molecule has 1 aliphatic carbocycles. The van der Waals surface area contributed by atoms with Gasteiger partial charge < -0.3 is 15.5 Å². The van der Waals surface area contributed by atoms with Crippen LogP contribution in [0.25, 0.3) is 5.65 Å². The number of benzene rings is 1. The number of hydrogen-bond acceptors (Lipinski definition) is 7. The highest BCUT2D eigenvalue weighted by Gasteiger charge is 2.54. The van der Waals surface area contributed by atoms with Crippen molar-refractivity contribution in [2.24, 2.45) is 11.1 Å². The van der Waals surface area contributed by atoms with E-state index >= 15 is 0 Å². The molecule has 0 radical (unpaired) electrons. The third-order valence-electron chi connectivity index (χ3n) is 8.14. The predicted molar refractivity (Wildman–Crippen MR) is 147 cm³/mol. The van der Waals surface area contributed by atoms with Gasteiger partial charge in [-0.1, -0.05) is 11.6 Å². The maximum atomic E-state index is 13.8. The summed E-state index contributed by atoms with van der Waals surface area (Å²) in [6.45, 7) is 4.32. The lowest BCUT2D eigenvalue weighted by atomic mass is 9.98. The molecule has 2 aliphatic heterocycles. The fourth-order valence-corrected chi connectivity index (χ4v) is 6.71. The summed E-state index contributed by atoms with van der Waals surface area (Å²) in [4.78, 5) is 22.8. The molecule has 0 unspecified atom stereocenters. The Hall–Kier alpha value is -2.89. The Kier molecular flexibility index (Phi) is 6.08. The average Bonchev–Trinajstić information content (AvgIpc) is 3.42. The lowest BCUT2D eigenvalue weighted by Gasteiger charge is -2.35. The molecule has 4 heterocycles. The zero-order valence-electron chi connectivity index (χ0n) is 21.5. The first-order chi connectivity index (χ1) is 18.0. The fourth-order valence-electron chi connectivity index (χ4n) is 5.97. The van der Waals surface area contributed by atoms with Crippen LogP contribution in [-0.2, 0) is 10.0 Å². The second kappa shape index (κ2) is 9.10. The van der Waals surface area contributed by atoms with Gasteiger partial charge in [-0.3, -0.25) is 9.52 Å². The minimum Gasteiger partial charge on any atom is -0.354 e. The van der Waals surface area contributed by atoms with E-state index in [0.717, 1.165) is 61.3 Å². The lowest BCUT2D eigenvalue weighted by Crippen LogP contribution is -2.39. The van der Waals surface area contributed by atoms with Crippen LogP contribution in [0.1, 0.15) is 59.8 Å². The Labute approximate surface area is 227 Å². The topological polar surface area (TPSA) is 126 Å². The molecule has 202 valence electrons. The summed E-state index contributed by atoms with van der Waals surface area (Å²) in [6, 6.07) is 6.46. The molecule has 1 spiro atoms. The number of nitrogens with zero attached hydrogens (tertiary/aromatic N) is 5. The Balaban J connectivity index is 1.32. The number of anilines is 2. The van der Waals surface area contributed by atoms with E-state index in [1.165, 1.54) is 25.0 Å². The van der Waals surface area contributed by atoms with Gasteiger partial charge in [-0.05, 0) is 57.2 Å². The maximum absolute atomic E-state index is 13.8. The van der Waals surface area contributed by atoms with E-state index in [1.54, 1.807) is 15.5 Å². The molecule has 1 aromatic carbocycles. The molecule has 3 aliphatic rings. The molecule has 2 saturated heterocycles. The fraction of sp³-hybridized carbons (Fsp3) is 0.500. The molecule has 38 heavy (non-hydrogen) atoms. The molecule has 2 aromatic heterocycles. The van der Waals surface area contributed by atoms with E-state index in [1.807, 2.05) is 19.2 Å². The van der Waals surface area contributed by atoms with Crippen LogP contribution in [0.5, 0.6) is 0 Å². The number of nitrogens with one attached hydrogen (secondary N) is 1. The van der Waals surface area contributed by atoms with Crippen LogP contribution in [0, 0.1) is 12.3 Å². The third-order valence-corrected chi connectivity index (χ3v) is 8.96. The van der Waals surface area contributed by atoms with Crippen LogP contribution >= 0.6 is 11.6 Å². The van der Waals surface area contributed by atoms with Crippen molar-refractivity contribution < 1.29 is 13.2 Å². The Morgan fingerprint density at radius 1 is 1.24 bits per heavy atom. The molecule has 1 saturated carbocycles. The number of sulfonamides is 1. The standard InChI is InChI=1S/C26H32ClN7O3S/c1-16-13-34-23(29-24(16)32-14-22(28)26(15-32)8-9-26)12-20(30-34)21-5-3-4-10-33(21)25(35)18-11-17(27)6-7-19(18)31-38(2,36)37/h6-7,11-13,21-22,31H,3-5,8-10,14-15,28H2,1-2H3/t21-,22+/m0/s1. The summed E-state index contributed by atoms with van der Waals surface area (Å²) in [5.41, 5.74) is 9.64. The Morgan fingerprint density at radius 2 is 2.03 bits per heavy atom. The van der Waals surface area contributed by atoms with Crippen molar-refractivity contribution in [1.29, 1.82) is 0 Å². The first-order valence-electron chi connectivity index (χ1n) is 13.0. The van der Waals surface area contributed by atoms with Crippen molar-refractivity contribution in [2.75, 3.05) is 35.5 Å². The largest absolute Gasteiger partial charge is 0.354 e. The molecule has 3 N–H and O–H groups in total. The molecule has 6 rings (SSSR count). The highest BCUT2D eigenvalue weighted by molar-refractivity contribution is 7.92. The van der Waals surface area contributed by atoms with Crippen molar-refractivity contribution in [2.45, 2.75) is 51.1 Å². The number of aryl methyl sites for hydroxylation is 1. The number of hydrogen-bond donors (Lipinski definition) is 2. The van der Waals surface area contributed by atoms with Gasteiger partial charge in [-0.15, -0.1) is 0 Å². The quantitative estimate of drug-likeness (QED) is 0.492. The number of aromatic nitrogens is 3. The Morgan fingerprint density at radius 3 is 2.74 bits per heavy atom. The van der Waals surface area contributed by atoms with Crippen molar-refractivity contribution in [3.8, 4) is 0 Å². The van der Waals surface area contributed by atoms with Gasteiger partial charge in [-0.25, -0.2) is 17.9 Å². The number of likely N-dealkylation sites (tertiary alicyclic amines) is 1. The maximum Gasteiger partial charge on any atom is 0.256 e. The van der Waals surface area contributed by atoms with Crippen molar-refractivity contribution in [3.63, 3.8) is 0 Å². The zero-order chi connectivity index (χ0) is 26.8. The van der Waals surface area contributed by atoms with Crippen molar-refractivity contribution in [1.82, 2.24) is 19.5 Å². The van der Waals surface area contributed by atoms with Gasteiger partial charge in [0.15, 0.2) is 5.65 Å². The second-order valence-corrected chi connectivity index (χ2v) is 13.2. The molecule has 12 heteroatoms. The number of piperidine rings is 1. The zero-order valence-corrected chi connectivity index (χ0v) is 23.1. The average molecular weight is 558 g/mol. The highest BCUT2D eigenvalue weighted by Crippen LogP contribution is 2.52. The summed E-state index contributed by atoms with van der Waals surface area (Å²) < 4.78 is 28.1. The molecule has 0 bridgehead atoms. The third kappa shape index (κ3) is 4.60. The normalized spacial score (nSPS) is 22.8. The van der Waals surface area contributed by atoms with E-state index in [9.17, 15) is 13.2 Å². The number of carbonyl (C=O) groups excluding carboxylic acids is 1. The molecule has 3 fully saturated rings. The van der Waals surface area contributed by atoms with Gasteiger partial charge in [0.2, 0.25) is 10.0 Å². The smallest absolute Gasteiger partial charge is 0.256 e. The van der Waals surface area contributed by atoms with Gasteiger partial charge >= 0.3 is 0 Å².